The van der Waals surface area contributed by atoms with E-state index < -0.39 is 5.41 Å². The van der Waals surface area contributed by atoms with Crippen LogP contribution < -0.4 is 10.2 Å². The van der Waals surface area contributed by atoms with E-state index in [2.05, 4.69) is 263 Å². The zero-order chi connectivity index (χ0) is 47.5. The largest absolute Gasteiger partial charge is 0.354 e. The molecule has 9 aromatic carbocycles. The molecule has 12 rings (SSSR count). The Hall–Kier alpha value is -7.85. The van der Waals surface area contributed by atoms with Gasteiger partial charge in [0.1, 0.15) is 0 Å². The highest BCUT2D eigenvalue weighted by Gasteiger charge is 2.45. The second kappa shape index (κ2) is 17.6. The molecule has 0 fully saturated rings. The van der Waals surface area contributed by atoms with Gasteiger partial charge < -0.3 is 10.2 Å². The second-order valence-corrected chi connectivity index (χ2v) is 19.9. The summed E-state index contributed by atoms with van der Waals surface area (Å²) in [4.78, 5) is 5.10. The lowest BCUT2D eigenvalue weighted by atomic mass is 9.62. The summed E-state index contributed by atoms with van der Waals surface area (Å²) in [6.45, 7) is 11.1. The molecule has 0 aromatic heterocycles. The first-order chi connectivity index (χ1) is 34.4. The van der Waals surface area contributed by atoms with Gasteiger partial charge in [-0.3, -0.25) is 0 Å². The molecule has 0 spiro atoms. The summed E-state index contributed by atoms with van der Waals surface area (Å²) >= 11 is 1.92. The van der Waals surface area contributed by atoms with Crippen molar-refractivity contribution in [3.63, 3.8) is 0 Å². The summed E-state index contributed by atoms with van der Waals surface area (Å²) in [6, 6.07) is 74.6. The number of hydrogen-bond acceptors (Lipinski definition) is 3. The third-order valence-corrected chi connectivity index (χ3v) is 16.1. The topological polar surface area (TPSA) is 15.3 Å². The zero-order valence-electron chi connectivity index (χ0n) is 40.3. The number of nitrogens with one attached hydrogen (secondary N) is 1. The van der Waals surface area contributed by atoms with Crippen LogP contribution in [-0.4, -0.2) is 0 Å². The maximum atomic E-state index is 4.12. The molecule has 0 bridgehead atoms. The van der Waals surface area contributed by atoms with Gasteiger partial charge in [-0.2, -0.15) is 0 Å². The second-order valence-electron chi connectivity index (χ2n) is 18.9. The maximum absolute atomic E-state index is 4.12. The lowest BCUT2D eigenvalue weighted by molar-refractivity contribution is 0.741. The minimum Gasteiger partial charge on any atom is -0.354 e. The summed E-state index contributed by atoms with van der Waals surface area (Å²) in [7, 11) is 0. The van der Waals surface area contributed by atoms with E-state index in [1.165, 1.54) is 116 Å². The van der Waals surface area contributed by atoms with E-state index in [1.807, 2.05) is 11.8 Å². The van der Waals surface area contributed by atoms with E-state index in [4.69, 9.17) is 0 Å². The summed E-state index contributed by atoms with van der Waals surface area (Å²) in [5, 5.41) is 4.12. The Morgan fingerprint density at radius 3 is 1.91 bits per heavy atom. The number of benzene rings is 9. The number of nitrogens with zero attached hydrogens (tertiary/aromatic N) is 1. The Morgan fingerprint density at radius 1 is 0.571 bits per heavy atom. The van der Waals surface area contributed by atoms with Crippen molar-refractivity contribution in [2.45, 2.75) is 56.2 Å². The molecule has 0 saturated heterocycles. The fraction of sp³-hybridized carbons (Fsp3) is 0.104. The average Bonchev–Trinajstić information content (AvgIpc) is 3.79. The van der Waals surface area contributed by atoms with Crippen molar-refractivity contribution < 1.29 is 0 Å². The Labute approximate surface area is 417 Å². The van der Waals surface area contributed by atoms with E-state index in [1.54, 1.807) is 0 Å². The molecule has 2 aliphatic heterocycles. The normalized spacial score (nSPS) is 14.4. The molecular formula is C67H54N2S. The Kier molecular flexibility index (Phi) is 10.9. The summed E-state index contributed by atoms with van der Waals surface area (Å²) in [5.74, 6) is 0. The maximum Gasteiger partial charge on any atom is 0.0742 e. The molecular weight excluding hydrogens is 865 g/mol. The summed E-state index contributed by atoms with van der Waals surface area (Å²) < 4.78 is 0. The summed E-state index contributed by atoms with van der Waals surface area (Å²) in [5.41, 5.74) is 26.4. The van der Waals surface area contributed by atoms with Gasteiger partial charge in [-0.15, -0.1) is 0 Å². The van der Waals surface area contributed by atoms with Gasteiger partial charge in [-0.05, 0) is 138 Å². The molecule has 0 atom stereocenters. The van der Waals surface area contributed by atoms with Crippen LogP contribution in [0, 0.1) is 13.8 Å². The standard InChI is InChI=1S/C67H54N2S/c1-6-43(3)39-54(46-25-11-8-12-26-46)59(7-2)69-60-42-49(62-44(4)23-21-24-45(62)5)41-55(66(60)70-61-38-37-48-40-47-27-17-18-32-52(47)63(48)65(61)69)53-33-22-35-57-64(53)68-58-36-20-19-34-56(58)67(57,50-28-13-9-14-29-50)51-30-15-10-16-31-51/h6-39,41-42,68H,40H2,1-5H3/b43-6-,54-39-,59-7+. The Morgan fingerprint density at radius 2 is 1.20 bits per heavy atom. The molecule has 1 aliphatic carbocycles. The van der Waals surface area contributed by atoms with Crippen molar-refractivity contribution in [3.8, 4) is 33.4 Å². The zero-order valence-corrected chi connectivity index (χ0v) is 41.2. The quantitative estimate of drug-likeness (QED) is 0.153. The molecule has 0 radical (unpaired) electrons. The monoisotopic (exact) mass is 918 g/mol. The molecule has 1 N–H and O–H groups in total. The molecule has 3 heteroatoms. The molecule has 0 unspecified atom stereocenters. The number of para-hydroxylation sites is 2. The number of aryl methyl sites for hydroxylation is 2. The van der Waals surface area contributed by atoms with Crippen LogP contribution in [0.5, 0.6) is 0 Å². The number of hydrogen-bond donors (Lipinski definition) is 1. The van der Waals surface area contributed by atoms with Gasteiger partial charge in [0.2, 0.25) is 0 Å². The third-order valence-electron chi connectivity index (χ3n) is 14.9. The van der Waals surface area contributed by atoms with Gasteiger partial charge in [0.25, 0.3) is 0 Å². The lowest BCUT2D eigenvalue weighted by Crippen LogP contribution is -2.35. The lowest BCUT2D eigenvalue weighted by Gasteiger charge is -2.43. The van der Waals surface area contributed by atoms with E-state index in [9.17, 15) is 0 Å². The number of allylic oxidation sites excluding steroid dienone is 5. The fourth-order valence-corrected chi connectivity index (χ4v) is 12.9. The molecule has 0 amide bonds. The van der Waals surface area contributed by atoms with Gasteiger partial charge in [-0.1, -0.05) is 205 Å². The predicted octanol–water partition coefficient (Wildman–Crippen LogP) is 18.2. The molecule has 70 heavy (non-hydrogen) atoms. The van der Waals surface area contributed by atoms with Crippen LogP contribution in [0.3, 0.4) is 0 Å². The van der Waals surface area contributed by atoms with E-state index in [0.717, 1.165) is 23.5 Å². The first kappa shape index (κ1) is 43.4. The minimum absolute atomic E-state index is 0.599. The van der Waals surface area contributed by atoms with Gasteiger partial charge in [0.15, 0.2) is 0 Å². The van der Waals surface area contributed by atoms with Crippen LogP contribution in [-0.2, 0) is 11.8 Å². The number of fused-ring (bicyclic) bond motifs is 8. The van der Waals surface area contributed by atoms with Crippen molar-refractivity contribution in [1.29, 1.82) is 0 Å². The van der Waals surface area contributed by atoms with Crippen LogP contribution in [0.15, 0.2) is 239 Å². The molecule has 3 aliphatic rings. The van der Waals surface area contributed by atoms with Crippen molar-refractivity contribution in [2.24, 2.45) is 0 Å². The van der Waals surface area contributed by atoms with Crippen LogP contribution in [0.25, 0.3) is 39.0 Å². The molecule has 9 aromatic rings. The Bertz CT molecular complexity index is 3560. The molecule has 2 nitrogen and oxygen atoms in total. The van der Waals surface area contributed by atoms with Gasteiger partial charge in [0.05, 0.1) is 22.5 Å². The highest BCUT2D eigenvalue weighted by Crippen LogP contribution is 2.62. The van der Waals surface area contributed by atoms with E-state index in [0.29, 0.717) is 0 Å². The fourth-order valence-electron chi connectivity index (χ4n) is 11.7. The van der Waals surface area contributed by atoms with Gasteiger partial charge in [0, 0.05) is 43.4 Å². The number of anilines is 4. The minimum atomic E-state index is -0.599. The first-order valence-electron chi connectivity index (χ1n) is 24.5. The van der Waals surface area contributed by atoms with Gasteiger partial charge >= 0.3 is 0 Å². The van der Waals surface area contributed by atoms with E-state index in [-0.39, 0.29) is 0 Å². The molecule has 2 heterocycles. The SMILES string of the molecule is C\C=C(C)/C=C(\C(=C/C)N1c2cc(-c3c(C)cccc3C)cc(-c3cccc4c3Nc3ccccc3C4(c3ccccc3)c3ccccc3)c2Sc2ccc3c(c21)-c1ccccc1C3)c1ccccc1. The molecule has 0 saturated carbocycles. The van der Waals surface area contributed by atoms with Crippen LogP contribution in [0.2, 0.25) is 0 Å². The first-order valence-corrected chi connectivity index (χ1v) is 25.4. The molecule has 338 valence electrons. The van der Waals surface area contributed by atoms with Crippen LogP contribution in [0.4, 0.5) is 22.7 Å². The Balaban J connectivity index is 1.21. The average molecular weight is 919 g/mol. The smallest absolute Gasteiger partial charge is 0.0742 e. The van der Waals surface area contributed by atoms with Crippen molar-refractivity contribution in [3.05, 3.63) is 280 Å². The number of rotatable bonds is 8. The third kappa shape index (κ3) is 6.86. The van der Waals surface area contributed by atoms with Crippen molar-refractivity contribution >= 4 is 40.1 Å². The highest BCUT2D eigenvalue weighted by atomic mass is 32.2. The van der Waals surface area contributed by atoms with Gasteiger partial charge in [-0.25, -0.2) is 0 Å². The van der Waals surface area contributed by atoms with Crippen molar-refractivity contribution in [2.75, 3.05) is 10.2 Å². The van der Waals surface area contributed by atoms with Crippen LogP contribution in [0.1, 0.15) is 70.8 Å². The van der Waals surface area contributed by atoms with Crippen LogP contribution >= 0.6 is 11.8 Å². The highest BCUT2D eigenvalue weighted by molar-refractivity contribution is 8.00. The van der Waals surface area contributed by atoms with E-state index >= 15 is 0 Å². The van der Waals surface area contributed by atoms with Crippen molar-refractivity contribution in [1.82, 2.24) is 0 Å². The predicted molar refractivity (Wildman–Crippen MR) is 297 cm³/mol. The summed E-state index contributed by atoms with van der Waals surface area (Å²) in [6.07, 6.45) is 7.84.